The highest BCUT2D eigenvalue weighted by atomic mass is 14.9. The lowest BCUT2D eigenvalue weighted by atomic mass is 9.78. The van der Waals surface area contributed by atoms with Crippen molar-refractivity contribution in [3.8, 4) is 0 Å². The molecule has 1 aliphatic heterocycles. The lowest BCUT2D eigenvalue weighted by molar-refractivity contribution is 0.208. The lowest BCUT2D eigenvalue weighted by Gasteiger charge is -2.32. The summed E-state index contributed by atoms with van der Waals surface area (Å²) < 4.78 is 0. The predicted molar refractivity (Wildman–Crippen MR) is 56.7 cm³/mol. The maximum atomic E-state index is 3.54. The molecule has 0 amide bonds. The Hall–Kier alpha value is -0.0400. The zero-order valence-corrected chi connectivity index (χ0v) is 8.89. The standard InChI is InChI=1S/C12H23N/c1-10(11-5-2-3-6-11)12-7-4-8-13-9-12/h10-13H,2-9H2,1H3. The quantitative estimate of drug-likeness (QED) is 0.690. The van der Waals surface area contributed by atoms with Crippen molar-refractivity contribution in [3.05, 3.63) is 0 Å². The molecule has 2 unspecified atom stereocenters. The second-order valence-electron chi connectivity index (χ2n) is 5.01. The Balaban J connectivity index is 1.83. The number of hydrogen-bond donors (Lipinski definition) is 1. The Morgan fingerprint density at radius 1 is 1.00 bits per heavy atom. The van der Waals surface area contributed by atoms with Crippen molar-refractivity contribution in [2.24, 2.45) is 17.8 Å². The molecule has 0 radical (unpaired) electrons. The minimum absolute atomic E-state index is 0.982. The Morgan fingerprint density at radius 3 is 2.31 bits per heavy atom. The van der Waals surface area contributed by atoms with Crippen LogP contribution in [0.2, 0.25) is 0 Å². The van der Waals surface area contributed by atoms with Gasteiger partial charge in [0.25, 0.3) is 0 Å². The van der Waals surface area contributed by atoms with E-state index in [0.29, 0.717) is 0 Å². The molecule has 1 heterocycles. The molecule has 0 bridgehead atoms. The fraction of sp³-hybridized carbons (Fsp3) is 1.00. The highest BCUT2D eigenvalue weighted by Crippen LogP contribution is 2.36. The van der Waals surface area contributed by atoms with Crippen molar-refractivity contribution < 1.29 is 0 Å². The van der Waals surface area contributed by atoms with Crippen molar-refractivity contribution in [2.45, 2.75) is 45.4 Å². The van der Waals surface area contributed by atoms with Crippen molar-refractivity contribution in [1.82, 2.24) is 5.32 Å². The first-order chi connectivity index (χ1) is 6.38. The van der Waals surface area contributed by atoms with E-state index in [0.717, 1.165) is 17.8 Å². The Kier molecular flexibility index (Phi) is 3.26. The van der Waals surface area contributed by atoms with Gasteiger partial charge in [0.15, 0.2) is 0 Å². The second-order valence-corrected chi connectivity index (χ2v) is 5.01. The zero-order chi connectivity index (χ0) is 9.10. The van der Waals surface area contributed by atoms with Gasteiger partial charge < -0.3 is 5.32 Å². The van der Waals surface area contributed by atoms with Crippen molar-refractivity contribution in [3.63, 3.8) is 0 Å². The van der Waals surface area contributed by atoms with Gasteiger partial charge in [-0.05, 0) is 43.7 Å². The third-order valence-electron chi connectivity index (χ3n) is 4.22. The van der Waals surface area contributed by atoms with Crippen LogP contribution in [0.25, 0.3) is 0 Å². The van der Waals surface area contributed by atoms with Crippen LogP contribution in [-0.4, -0.2) is 13.1 Å². The molecule has 2 aliphatic rings. The first-order valence-corrected chi connectivity index (χ1v) is 6.08. The summed E-state index contributed by atoms with van der Waals surface area (Å²) in [5.41, 5.74) is 0. The Labute approximate surface area is 82.3 Å². The molecule has 1 N–H and O–H groups in total. The molecule has 1 saturated heterocycles. The van der Waals surface area contributed by atoms with E-state index in [1.54, 1.807) is 0 Å². The average molecular weight is 181 g/mol. The maximum absolute atomic E-state index is 3.54. The number of nitrogens with one attached hydrogen (secondary N) is 1. The van der Waals surface area contributed by atoms with E-state index in [9.17, 15) is 0 Å². The van der Waals surface area contributed by atoms with Gasteiger partial charge in [-0.25, -0.2) is 0 Å². The third kappa shape index (κ3) is 2.25. The highest BCUT2D eigenvalue weighted by molar-refractivity contribution is 4.81. The van der Waals surface area contributed by atoms with Gasteiger partial charge in [0.2, 0.25) is 0 Å². The SMILES string of the molecule is CC(C1CCCC1)C1CCCNC1. The van der Waals surface area contributed by atoms with E-state index in [2.05, 4.69) is 12.2 Å². The highest BCUT2D eigenvalue weighted by Gasteiger charge is 2.28. The van der Waals surface area contributed by atoms with Gasteiger partial charge in [-0.2, -0.15) is 0 Å². The smallest absolute Gasteiger partial charge is 0.00179 e. The molecular formula is C12H23N. The van der Waals surface area contributed by atoms with Crippen LogP contribution in [0.3, 0.4) is 0 Å². The first kappa shape index (κ1) is 9.51. The molecule has 0 aromatic heterocycles. The monoisotopic (exact) mass is 181 g/mol. The maximum Gasteiger partial charge on any atom is -0.00179 e. The molecule has 0 spiro atoms. The lowest BCUT2D eigenvalue weighted by Crippen LogP contribution is -2.35. The van der Waals surface area contributed by atoms with Gasteiger partial charge in [0.1, 0.15) is 0 Å². The number of rotatable bonds is 2. The fourth-order valence-corrected chi connectivity index (χ4v) is 3.20. The molecule has 0 aromatic rings. The molecule has 2 fully saturated rings. The topological polar surface area (TPSA) is 12.0 Å². The molecule has 2 rings (SSSR count). The summed E-state index contributed by atoms with van der Waals surface area (Å²) in [7, 11) is 0. The molecule has 1 heteroatoms. The molecule has 2 atom stereocenters. The molecule has 0 aromatic carbocycles. The van der Waals surface area contributed by atoms with Crippen LogP contribution in [-0.2, 0) is 0 Å². The van der Waals surface area contributed by atoms with Crippen LogP contribution in [0.4, 0.5) is 0 Å². The molecule has 1 nitrogen and oxygen atoms in total. The summed E-state index contributed by atoms with van der Waals surface area (Å²) in [6, 6.07) is 0. The Bertz CT molecular complexity index is 143. The number of hydrogen-bond acceptors (Lipinski definition) is 1. The molecule has 1 aliphatic carbocycles. The van der Waals surface area contributed by atoms with Crippen LogP contribution in [0, 0.1) is 17.8 Å². The third-order valence-corrected chi connectivity index (χ3v) is 4.22. The van der Waals surface area contributed by atoms with E-state index in [4.69, 9.17) is 0 Å². The van der Waals surface area contributed by atoms with E-state index in [1.807, 2.05) is 0 Å². The summed E-state index contributed by atoms with van der Waals surface area (Å²) in [6.07, 6.45) is 8.89. The van der Waals surface area contributed by atoms with Gasteiger partial charge in [-0.1, -0.05) is 32.6 Å². The summed E-state index contributed by atoms with van der Waals surface area (Å²) in [4.78, 5) is 0. The molecule has 76 valence electrons. The molecular weight excluding hydrogens is 158 g/mol. The van der Waals surface area contributed by atoms with Crippen LogP contribution in [0.15, 0.2) is 0 Å². The van der Waals surface area contributed by atoms with Crippen molar-refractivity contribution in [1.29, 1.82) is 0 Å². The Morgan fingerprint density at radius 2 is 1.69 bits per heavy atom. The summed E-state index contributed by atoms with van der Waals surface area (Å²) in [5, 5.41) is 3.54. The van der Waals surface area contributed by atoms with Gasteiger partial charge in [0, 0.05) is 0 Å². The van der Waals surface area contributed by atoms with Crippen molar-refractivity contribution >= 4 is 0 Å². The molecule has 13 heavy (non-hydrogen) atoms. The largest absolute Gasteiger partial charge is 0.316 e. The van der Waals surface area contributed by atoms with E-state index in [-0.39, 0.29) is 0 Å². The summed E-state index contributed by atoms with van der Waals surface area (Å²) >= 11 is 0. The van der Waals surface area contributed by atoms with Gasteiger partial charge >= 0.3 is 0 Å². The van der Waals surface area contributed by atoms with E-state index < -0.39 is 0 Å². The second kappa shape index (κ2) is 4.45. The van der Waals surface area contributed by atoms with E-state index in [1.165, 1.54) is 51.6 Å². The van der Waals surface area contributed by atoms with Gasteiger partial charge in [0.05, 0.1) is 0 Å². The minimum Gasteiger partial charge on any atom is -0.316 e. The van der Waals surface area contributed by atoms with Crippen LogP contribution >= 0.6 is 0 Å². The first-order valence-electron chi connectivity index (χ1n) is 6.08. The van der Waals surface area contributed by atoms with Crippen LogP contribution < -0.4 is 5.32 Å². The fourth-order valence-electron chi connectivity index (χ4n) is 3.20. The van der Waals surface area contributed by atoms with Gasteiger partial charge in [-0.15, -0.1) is 0 Å². The van der Waals surface area contributed by atoms with Crippen molar-refractivity contribution in [2.75, 3.05) is 13.1 Å². The summed E-state index contributed by atoms with van der Waals surface area (Å²) in [5.74, 6) is 3.03. The zero-order valence-electron chi connectivity index (χ0n) is 8.89. The van der Waals surface area contributed by atoms with Gasteiger partial charge in [-0.3, -0.25) is 0 Å². The predicted octanol–water partition coefficient (Wildman–Crippen LogP) is 2.81. The number of piperidine rings is 1. The minimum atomic E-state index is 0.982. The normalized spacial score (nSPS) is 33.5. The van der Waals surface area contributed by atoms with Crippen LogP contribution in [0.1, 0.15) is 45.4 Å². The van der Waals surface area contributed by atoms with E-state index >= 15 is 0 Å². The van der Waals surface area contributed by atoms with Crippen LogP contribution in [0.5, 0.6) is 0 Å². The molecule has 1 saturated carbocycles. The average Bonchev–Trinajstić information content (AvgIpc) is 2.71. The summed E-state index contributed by atoms with van der Waals surface area (Å²) in [6.45, 7) is 5.04.